The second-order valence-electron chi connectivity index (χ2n) is 7.58. The van der Waals surface area contributed by atoms with Crippen LogP contribution >= 0.6 is 11.8 Å². The topological polar surface area (TPSA) is 66.5 Å². The summed E-state index contributed by atoms with van der Waals surface area (Å²) in [6.07, 6.45) is 7.85. The van der Waals surface area contributed by atoms with Gasteiger partial charge >= 0.3 is 0 Å². The number of sulfonamides is 1. The van der Waals surface area contributed by atoms with Crippen LogP contribution in [0.4, 0.5) is 4.39 Å². The molecule has 3 rings (SSSR count). The van der Waals surface area contributed by atoms with Crippen LogP contribution in [0.15, 0.2) is 29.2 Å². The molecule has 1 aliphatic heterocycles. The number of benzene rings is 1. The molecule has 5 nitrogen and oxygen atoms in total. The molecule has 8 heteroatoms. The summed E-state index contributed by atoms with van der Waals surface area (Å²) >= 11 is 1.94. The zero-order valence-corrected chi connectivity index (χ0v) is 17.7. The van der Waals surface area contributed by atoms with Crippen molar-refractivity contribution in [2.45, 2.75) is 55.1 Å². The quantitative estimate of drug-likeness (QED) is 0.676. The number of thioether (sulfide) groups is 1. The number of amides is 1. The summed E-state index contributed by atoms with van der Waals surface area (Å²) in [5.74, 6) is 0.0358. The molecule has 1 amide bonds. The van der Waals surface area contributed by atoms with E-state index in [2.05, 4.69) is 5.32 Å². The Morgan fingerprint density at radius 3 is 2.54 bits per heavy atom. The average molecular weight is 429 g/mol. The van der Waals surface area contributed by atoms with E-state index < -0.39 is 15.8 Å². The molecule has 1 aromatic rings. The molecule has 1 unspecified atom stereocenters. The fourth-order valence-electron chi connectivity index (χ4n) is 3.91. The van der Waals surface area contributed by atoms with E-state index in [4.69, 9.17) is 0 Å². The van der Waals surface area contributed by atoms with E-state index in [-0.39, 0.29) is 23.3 Å². The zero-order chi connectivity index (χ0) is 20.0. The van der Waals surface area contributed by atoms with Gasteiger partial charge in [0.15, 0.2) is 0 Å². The molecule has 1 N–H and O–H groups in total. The van der Waals surface area contributed by atoms with Crippen LogP contribution < -0.4 is 5.32 Å². The van der Waals surface area contributed by atoms with E-state index in [1.165, 1.54) is 48.5 Å². The van der Waals surface area contributed by atoms with E-state index in [1.54, 1.807) is 0 Å². The highest BCUT2D eigenvalue weighted by Gasteiger charge is 2.33. The maximum atomic E-state index is 13.1. The lowest BCUT2D eigenvalue weighted by Crippen LogP contribution is -2.45. The third-order valence-corrected chi connectivity index (χ3v) is 8.78. The lowest BCUT2D eigenvalue weighted by Gasteiger charge is -2.31. The van der Waals surface area contributed by atoms with E-state index in [0.717, 1.165) is 23.1 Å². The number of carbonyl (C=O) groups excluding carboxylic acids is 1. The van der Waals surface area contributed by atoms with Crippen LogP contribution in [0.25, 0.3) is 0 Å². The summed E-state index contributed by atoms with van der Waals surface area (Å²) in [5, 5.41) is 3.70. The minimum Gasteiger partial charge on any atom is -0.355 e. The number of hydrogen-bond donors (Lipinski definition) is 1. The number of nitrogens with zero attached hydrogens (tertiary/aromatic N) is 1. The molecule has 1 saturated heterocycles. The predicted octanol–water partition coefficient (Wildman–Crippen LogP) is 3.41. The van der Waals surface area contributed by atoms with Crippen LogP contribution in [0.3, 0.4) is 0 Å². The SMILES string of the molecule is O=C(NCCSC1CCCCC1)C1CCCN(S(=O)(=O)c2ccc(F)cc2)C1. The Morgan fingerprint density at radius 1 is 1.11 bits per heavy atom. The maximum absolute atomic E-state index is 13.1. The second kappa shape index (κ2) is 10.1. The van der Waals surface area contributed by atoms with Crippen molar-refractivity contribution in [3.05, 3.63) is 30.1 Å². The summed E-state index contributed by atoms with van der Waals surface area (Å²) in [4.78, 5) is 12.6. The minimum atomic E-state index is -3.70. The van der Waals surface area contributed by atoms with Crippen LogP contribution in [0.5, 0.6) is 0 Å². The Bertz CT molecular complexity index is 749. The number of piperidine rings is 1. The van der Waals surface area contributed by atoms with E-state index in [1.807, 2.05) is 11.8 Å². The first-order valence-electron chi connectivity index (χ1n) is 10.1. The Labute approximate surface area is 171 Å². The highest BCUT2D eigenvalue weighted by atomic mass is 32.2. The van der Waals surface area contributed by atoms with Gasteiger partial charge in [0.05, 0.1) is 10.8 Å². The monoisotopic (exact) mass is 428 g/mol. The number of carbonyl (C=O) groups is 1. The molecule has 1 heterocycles. The maximum Gasteiger partial charge on any atom is 0.243 e. The molecule has 0 bridgehead atoms. The second-order valence-corrected chi connectivity index (χ2v) is 10.9. The molecular weight excluding hydrogens is 399 g/mol. The van der Waals surface area contributed by atoms with Crippen molar-refractivity contribution < 1.29 is 17.6 Å². The minimum absolute atomic E-state index is 0.0664. The fraction of sp³-hybridized carbons (Fsp3) is 0.650. The van der Waals surface area contributed by atoms with Crippen molar-refractivity contribution >= 4 is 27.7 Å². The lowest BCUT2D eigenvalue weighted by molar-refractivity contribution is -0.125. The van der Waals surface area contributed by atoms with E-state index in [9.17, 15) is 17.6 Å². The van der Waals surface area contributed by atoms with Gasteiger partial charge in [-0.3, -0.25) is 4.79 Å². The van der Waals surface area contributed by atoms with Gasteiger partial charge in [-0.05, 0) is 49.9 Å². The van der Waals surface area contributed by atoms with Gasteiger partial charge in [0.2, 0.25) is 15.9 Å². The van der Waals surface area contributed by atoms with Crippen LogP contribution in [0, 0.1) is 11.7 Å². The molecule has 2 fully saturated rings. The molecule has 1 saturated carbocycles. The third-order valence-electron chi connectivity index (χ3n) is 5.51. The first kappa shape index (κ1) is 21.6. The van der Waals surface area contributed by atoms with Crippen molar-refractivity contribution in [3.63, 3.8) is 0 Å². The summed E-state index contributed by atoms with van der Waals surface area (Å²) < 4.78 is 40.0. The van der Waals surface area contributed by atoms with Crippen LogP contribution in [-0.2, 0) is 14.8 Å². The number of halogens is 1. The Morgan fingerprint density at radius 2 is 1.82 bits per heavy atom. The number of nitrogens with one attached hydrogen (secondary N) is 1. The normalized spacial score (nSPS) is 22.1. The first-order valence-corrected chi connectivity index (χ1v) is 12.6. The Hall–Kier alpha value is -1.12. The van der Waals surface area contributed by atoms with Crippen LogP contribution in [0.1, 0.15) is 44.9 Å². The van der Waals surface area contributed by atoms with Crippen LogP contribution in [-0.4, -0.2) is 49.3 Å². The van der Waals surface area contributed by atoms with Crippen molar-refractivity contribution in [3.8, 4) is 0 Å². The van der Waals surface area contributed by atoms with Gasteiger partial charge in [0, 0.05) is 30.6 Å². The molecule has 0 spiro atoms. The molecule has 0 aromatic heterocycles. The molecule has 156 valence electrons. The molecule has 1 atom stereocenters. The molecule has 1 aromatic carbocycles. The molecular formula is C20H29FN2O3S2. The van der Waals surface area contributed by atoms with E-state index in [0.29, 0.717) is 25.9 Å². The highest BCUT2D eigenvalue weighted by molar-refractivity contribution is 7.99. The molecule has 0 radical (unpaired) electrons. The largest absolute Gasteiger partial charge is 0.355 e. The van der Waals surface area contributed by atoms with Gasteiger partial charge in [-0.1, -0.05) is 19.3 Å². The van der Waals surface area contributed by atoms with Gasteiger partial charge in [-0.15, -0.1) is 0 Å². The summed E-state index contributed by atoms with van der Waals surface area (Å²) in [7, 11) is -3.70. The highest BCUT2D eigenvalue weighted by Crippen LogP contribution is 2.28. The van der Waals surface area contributed by atoms with Crippen LogP contribution in [0.2, 0.25) is 0 Å². The zero-order valence-electron chi connectivity index (χ0n) is 16.1. The number of rotatable bonds is 7. The standard InChI is InChI=1S/C20H29FN2O3S2/c21-17-8-10-19(11-9-17)28(25,26)23-13-4-5-16(15-23)20(24)22-12-14-27-18-6-2-1-3-7-18/h8-11,16,18H,1-7,12-15H2,(H,22,24). The molecule has 2 aliphatic rings. The van der Waals surface area contributed by atoms with E-state index >= 15 is 0 Å². The third kappa shape index (κ3) is 5.70. The summed E-state index contributed by atoms with van der Waals surface area (Å²) in [5.41, 5.74) is 0. The van der Waals surface area contributed by atoms with Gasteiger partial charge in [0.25, 0.3) is 0 Å². The molecule has 28 heavy (non-hydrogen) atoms. The first-order chi connectivity index (χ1) is 13.5. The van der Waals surface area contributed by atoms with Crippen molar-refractivity contribution in [1.29, 1.82) is 0 Å². The predicted molar refractivity (Wildman–Crippen MR) is 110 cm³/mol. The van der Waals surface area contributed by atoms with Gasteiger partial charge in [0.1, 0.15) is 5.82 Å². The Kier molecular flexibility index (Phi) is 7.77. The van der Waals surface area contributed by atoms with Crippen molar-refractivity contribution in [2.75, 3.05) is 25.4 Å². The van der Waals surface area contributed by atoms with Gasteiger partial charge < -0.3 is 5.32 Å². The van der Waals surface area contributed by atoms with Crippen molar-refractivity contribution in [2.24, 2.45) is 5.92 Å². The van der Waals surface area contributed by atoms with Gasteiger partial charge in [-0.25, -0.2) is 12.8 Å². The Balaban J connectivity index is 1.48. The average Bonchev–Trinajstić information content (AvgIpc) is 2.72. The van der Waals surface area contributed by atoms with Gasteiger partial charge in [-0.2, -0.15) is 16.1 Å². The molecule has 1 aliphatic carbocycles. The lowest BCUT2D eigenvalue weighted by atomic mass is 9.99. The summed E-state index contributed by atoms with van der Waals surface area (Å²) in [6.45, 7) is 1.20. The summed E-state index contributed by atoms with van der Waals surface area (Å²) in [6, 6.07) is 4.84. The van der Waals surface area contributed by atoms with Crippen molar-refractivity contribution in [1.82, 2.24) is 9.62 Å². The number of hydrogen-bond acceptors (Lipinski definition) is 4. The smallest absolute Gasteiger partial charge is 0.243 e. The fourth-order valence-corrected chi connectivity index (χ4v) is 6.65.